The lowest BCUT2D eigenvalue weighted by Crippen LogP contribution is -2.62. The summed E-state index contributed by atoms with van der Waals surface area (Å²) in [6, 6.07) is 5.81. The van der Waals surface area contributed by atoms with Crippen molar-refractivity contribution in [1.29, 1.82) is 0 Å². The molecule has 4 heterocycles. The van der Waals surface area contributed by atoms with E-state index in [0.717, 1.165) is 55.5 Å². The second kappa shape index (κ2) is 7.52. The van der Waals surface area contributed by atoms with Crippen LogP contribution in [0.25, 0.3) is 17.0 Å². The van der Waals surface area contributed by atoms with Crippen LogP contribution < -0.4 is 5.48 Å². The normalized spacial score (nSPS) is 29.4. The average Bonchev–Trinajstić information content (AvgIpc) is 3.45. The number of nitrogens with one attached hydrogen (secondary N) is 1. The van der Waals surface area contributed by atoms with Crippen LogP contribution in [-0.4, -0.2) is 40.0 Å². The number of hydrogen-bond donors (Lipinski definition) is 1. The van der Waals surface area contributed by atoms with Gasteiger partial charge in [0, 0.05) is 29.8 Å². The van der Waals surface area contributed by atoms with E-state index in [9.17, 15) is 0 Å². The molecule has 1 N–H and O–H groups in total. The topological polar surface area (TPSA) is 78.4 Å². The Balaban J connectivity index is 1.43. The van der Waals surface area contributed by atoms with Crippen molar-refractivity contribution < 1.29 is 14.3 Å². The summed E-state index contributed by atoms with van der Waals surface area (Å²) in [6.45, 7) is 1.33. The summed E-state index contributed by atoms with van der Waals surface area (Å²) in [7, 11) is 0. The number of halogens is 1. The SMILES string of the molecule is Clc1nc(C2=C3CCC[C@@]4(CCCCC45OCCO5)C3NO2)cc(-c2ccncc2)n1. The Morgan fingerprint density at radius 2 is 1.71 bits per heavy atom. The zero-order valence-corrected chi connectivity index (χ0v) is 18.0. The van der Waals surface area contributed by atoms with Crippen LogP contribution in [0.2, 0.25) is 5.28 Å². The Hall–Kier alpha value is -2.06. The van der Waals surface area contributed by atoms with Crippen LogP contribution in [0.1, 0.15) is 50.6 Å². The molecule has 0 radical (unpaired) electrons. The molecule has 2 aromatic rings. The van der Waals surface area contributed by atoms with E-state index in [1.807, 2.05) is 18.2 Å². The summed E-state index contributed by atoms with van der Waals surface area (Å²) in [5.41, 5.74) is 6.85. The first-order valence-corrected chi connectivity index (χ1v) is 11.5. The van der Waals surface area contributed by atoms with E-state index in [-0.39, 0.29) is 16.7 Å². The largest absolute Gasteiger partial charge is 0.406 e. The van der Waals surface area contributed by atoms with Crippen LogP contribution in [0.15, 0.2) is 36.2 Å². The van der Waals surface area contributed by atoms with Gasteiger partial charge in [-0.25, -0.2) is 9.97 Å². The van der Waals surface area contributed by atoms with E-state index in [2.05, 4.69) is 20.4 Å². The predicted octanol–water partition coefficient (Wildman–Crippen LogP) is 4.29. The second-order valence-corrected chi connectivity index (χ2v) is 9.16. The molecule has 8 heteroatoms. The quantitative estimate of drug-likeness (QED) is 0.697. The van der Waals surface area contributed by atoms with Gasteiger partial charge in [0.2, 0.25) is 5.28 Å². The van der Waals surface area contributed by atoms with Crippen molar-refractivity contribution in [2.75, 3.05) is 13.2 Å². The Kier molecular flexibility index (Phi) is 4.76. The van der Waals surface area contributed by atoms with Gasteiger partial charge < -0.3 is 14.3 Å². The molecule has 0 bridgehead atoms. The van der Waals surface area contributed by atoms with Gasteiger partial charge in [-0.05, 0) is 67.5 Å². The molecule has 2 aliphatic carbocycles. The molecule has 162 valence electrons. The van der Waals surface area contributed by atoms with Gasteiger partial charge in [-0.15, -0.1) is 5.48 Å². The summed E-state index contributed by atoms with van der Waals surface area (Å²) < 4.78 is 12.7. The summed E-state index contributed by atoms with van der Waals surface area (Å²) in [5.74, 6) is 0.251. The lowest BCUT2D eigenvalue weighted by atomic mass is 9.57. The highest BCUT2D eigenvalue weighted by Crippen LogP contribution is 2.59. The highest BCUT2D eigenvalue weighted by molar-refractivity contribution is 6.28. The van der Waals surface area contributed by atoms with Crippen molar-refractivity contribution in [3.63, 3.8) is 0 Å². The minimum atomic E-state index is -0.515. The van der Waals surface area contributed by atoms with Crippen LogP contribution in [0.5, 0.6) is 0 Å². The average molecular weight is 441 g/mol. The molecule has 2 atom stereocenters. The number of fused-ring (bicyclic) bond motifs is 3. The first-order valence-electron chi connectivity index (χ1n) is 11.1. The molecule has 2 saturated carbocycles. The number of aromatic nitrogens is 3. The third-order valence-corrected chi connectivity index (χ3v) is 7.51. The summed E-state index contributed by atoms with van der Waals surface area (Å²) in [6.07, 6.45) is 10.9. The first kappa shape index (κ1) is 19.6. The maximum absolute atomic E-state index is 6.33. The van der Waals surface area contributed by atoms with E-state index in [1.54, 1.807) is 12.4 Å². The molecular weight excluding hydrogens is 416 g/mol. The van der Waals surface area contributed by atoms with E-state index in [4.69, 9.17) is 25.9 Å². The van der Waals surface area contributed by atoms with Crippen LogP contribution in [0.3, 0.4) is 0 Å². The number of hydroxylamine groups is 1. The highest BCUT2D eigenvalue weighted by Gasteiger charge is 2.63. The number of rotatable bonds is 2. The van der Waals surface area contributed by atoms with Crippen molar-refractivity contribution in [3.8, 4) is 11.3 Å². The minimum absolute atomic E-state index is 0.0489. The van der Waals surface area contributed by atoms with Crippen molar-refractivity contribution >= 4 is 17.4 Å². The minimum Gasteiger partial charge on any atom is -0.406 e. The predicted molar refractivity (Wildman–Crippen MR) is 115 cm³/mol. The summed E-state index contributed by atoms with van der Waals surface area (Å²) >= 11 is 6.32. The number of hydrogen-bond acceptors (Lipinski definition) is 7. The molecule has 6 rings (SSSR count). The van der Waals surface area contributed by atoms with Crippen LogP contribution >= 0.6 is 11.6 Å². The zero-order chi connectivity index (χ0) is 20.9. The van der Waals surface area contributed by atoms with Crippen molar-refractivity contribution in [2.45, 2.75) is 56.8 Å². The molecule has 0 aromatic carbocycles. The van der Waals surface area contributed by atoms with Crippen LogP contribution in [-0.2, 0) is 14.3 Å². The smallest absolute Gasteiger partial charge is 0.223 e. The molecule has 4 aliphatic rings. The lowest BCUT2D eigenvalue weighted by molar-refractivity contribution is -0.271. The summed E-state index contributed by atoms with van der Waals surface area (Å²) in [4.78, 5) is 19.1. The van der Waals surface area contributed by atoms with Gasteiger partial charge in [0.05, 0.1) is 24.9 Å². The molecule has 1 saturated heterocycles. The fourth-order valence-electron chi connectivity index (χ4n) is 6.05. The third-order valence-electron chi connectivity index (χ3n) is 7.34. The standard InChI is InChI=1S/C23H25ClN4O3/c24-21-26-17(15-5-10-25-11-6-15)14-18(27-21)19-16-4-3-8-22(20(16)28-31-19)7-1-2-9-23(22)29-12-13-30-23/h5-6,10-11,14,20,28H,1-4,7-9,12-13H2/t20?,22-/m0/s1. The van der Waals surface area contributed by atoms with Gasteiger partial charge in [-0.2, -0.15) is 0 Å². The number of ether oxygens (including phenoxy) is 2. The fourth-order valence-corrected chi connectivity index (χ4v) is 6.24. The molecule has 1 unspecified atom stereocenters. The third kappa shape index (κ3) is 3.02. The first-order chi connectivity index (χ1) is 15.2. The number of nitrogens with zero attached hydrogens (tertiary/aromatic N) is 3. The molecule has 2 aliphatic heterocycles. The fraction of sp³-hybridized carbons (Fsp3) is 0.522. The van der Waals surface area contributed by atoms with Gasteiger partial charge in [-0.3, -0.25) is 4.98 Å². The van der Waals surface area contributed by atoms with Gasteiger partial charge >= 0.3 is 0 Å². The molecule has 2 spiro atoms. The second-order valence-electron chi connectivity index (χ2n) is 8.82. The molecule has 31 heavy (non-hydrogen) atoms. The van der Waals surface area contributed by atoms with Gasteiger partial charge in [0.25, 0.3) is 0 Å². The van der Waals surface area contributed by atoms with E-state index < -0.39 is 5.79 Å². The highest BCUT2D eigenvalue weighted by atomic mass is 35.5. The van der Waals surface area contributed by atoms with Gasteiger partial charge in [0.15, 0.2) is 11.5 Å². The van der Waals surface area contributed by atoms with Gasteiger partial charge in [-0.1, -0.05) is 6.42 Å². The van der Waals surface area contributed by atoms with Gasteiger partial charge in [0.1, 0.15) is 5.69 Å². The van der Waals surface area contributed by atoms with Crippen molar-refractivity contribution in [2.24, 2.45) is 5.41 Å². The molecule has 2 aromatic heterocycles. The molecular formula is C23H25ClN4O3. The Labute approximate surface area is 186 Å². The van der Waals surface area contributed by atoms with E-state index in [1.165, 1.54) is 12.0 Å². The molecule has 7 nitrogen and oxygen atoms in total. The lowest BCUT2D eigenvalue weighted by Gasteiger charge is -2.54. The molecule has 0 amide bonds. The number of pyridine rings is 1. The Morgan fingerprint density at radius 1 is 0.968 bits per heavy atom. The molecule has 3 fully saturated rings. The summed E-state index contributed by atoms with van der Waals surface area (Å²) in [5, 5.41) is 0.201. The van der Waals surface area contributed by atoms with E-state index in [0.29, 0.717) is 18.9 Å². The van der Waals surface area contributed by atoms with Crippen LogP contribution in [0.4, 0.5) is 0 Å². The maximum Gasteiger partial charge on any atom is 0.223 e. The Bertz CT molecular complexity index is 1020. The van der Waals surface area contributed by atoms with Crippen LogP contribution in [0, 0.1) is 5.41 Å². The Morgan fingerprint density at radius 3 is 2.55 bits per heavy atom. The van der Waals surface area contributed by atoms with Crippen molar-refractivity contribution in [1.82, 2.24) is 20.4 Å². The van der Waals surface area contributed by atoms with Crippen molar-refractivity contribution in [3.05, 3.63) is 47.1 Å². The maximum atomic E-state index is 6.33. The van der Waals surface area contributed by atoms with E-state index >= 15 is 0 Å². The zero-order valence-electron chi connectivity index (χ0n) is 17.3. The monoisotopic (exact) mass is 440 g/mol.